The number of nitrogens with zero attached hydrogens (tertiary/aromatic N) is 1. The zero-order chi connectivity index (χ0) is 18.1. The van der Waals surface area contributed by atoms with Gasteiger partial charge in [0.15, 0.2) is 0 Å². The number of alkyl carbamates (subject to hydrolysis) is 1. The van der Waals surface area contributed by atoms with Crippen molar-refractivity contribution in [1.82, 2.24) is 10.4 Å². The third-order valence-electron chi connectivity index (χ3n) is 4.32. The molecule has 2 fully saturated rings. The Morgan fingerprint density at radius 2 is 1.75 bits per heavy atom. The molecule has 1 unspecified atom stereocenters. The van der Waals surface area contributed by atoms with Crippen LogP contribution in [-0.4, -0.2) is 45.6 Å². The number of ketones is 1. The van der Waals surface area contributed by atoms with Crippen LogP contribution in [0.5, 0.6) is 0 Å². The molecule has 0 aromatic rings. The zero-order valence-corrected chi connectivity index (χ0v) is 14.2. The van der Waals surface area contributed by atoms with Crippen molar-refractivity contribution in [2.45, 2.75) is 64.5 Å². The summed E-state index contributed by atoms with van der Waals surface area (Å²) in [5, 5.41) is 12.1. The Kier molecular flexibility index (Phi) is 5.27. The van der Waals surface area contributed by atoms with Crippen LogP contribution < -0.4 is 5.32 Å². The average molecular weight is 340 g/mol. The molecule has 0 bridgehead atoms. The van der Waals surface area contributed by atoms with Crippen LogP contribution in [0.4, 0.5) is 4.79 Å². The predicted octanol–water partition coefficient (Wildman–Crippen LogP) is 1.40. The minimum absolute atomic E-state index is 0.0399. The number of hydrogen-bond donors (Lipinski definition) is 2. The molecule has 8 nitrogen and oxygen atoms in total. The molecule has 1 saturated heterocycles. The summed E-state index contributed by atoms with van der Waals surface area (Å²) in [7, 11) is 0. The number of carbonyl (C=O) groups is 4. The summed E-state index contributed by atoms with van der Waals surface area (Å²) in [5.41, 5.74) is -0.567. The third kappa shape index (κ3) is 4.31. The molecule has 0 aromatic heterocycles. The highest BCUT2D eigenvalue weighted by Gasteiger charge is 2.45. The second-order valence-corrected chi connectivity index (χ2v) is 7.40. The fourth-order valence-corrected chi connectivity index (χ4v) is 3.12. The van der Waals surface area contributed by atoms with Crippen LogP contribution in [-0.2, 0) is 19.1 Å². The largest absolute Gasteiger partial charge is 0.444 e. The number of ether oxygens (including phenoxy) is 1. The summed E-state index contributed by atoms with van der Waals surface area (Å²) in [5.74, 6) is -3.25. The molecule has 1 aliphatic heterocycles. The Morgan fingerprint density at radius 1 is 1.17 bits per heavy atom. The number of carbonyl (C=O) groups excluding carboxylic acids is 4. The van der Waals surface area contributed by atoms with E-state index in [0.29, 0.717) is 25.7 Å². The summed E-state index contributed by atoms with van der Waals surface area (Å²) in [4.78, 5) is 47.2. The van der Waals surface area contributed by atoms with Crippen LogP contribution in [0.25, 0.3) is 0 Å². The normalized spacial score (nSPS) is 28.0. The molecule has 0 spiro atoms. The monoisotopic (exact) mass is 340 g/mol. The van der Waals surface area contributed by atoms with Gasteiger partial charge in [-0.2, -0.15) is 5.06 Å². The molecule has 0 aromatic carbocycles. The van der Waals surface area contributed by atoms with E-state index >= 15 is 0 Å². The first kappa shape index (κ1) is 18.4. The minimum Gasteiger partial charge on any atom is -0.444 e. The van der Waals surface area contributed by atoms with E-state index in [1.807, 2.05) is 0 Å². The molecule has 1 saturated carbocycles. The second kappa shape index (κ2) is 6.88. The topological polar surface area (TPSA) is 113 Å². The van der Waals surface area contributed by atoms with Gasteiger partial charge in [0.1, 0.15) is 17.3 Å². The number of hydroxylamine groups is 2. The first-order valence-corrected chi connectivity index (χ1v) is 8.17. The number of hydrogen-bond acceptors (Lipinski definition) is 6. The fourth-order valence-electron chi connectivity index (χ4n) is 3.12. The highest BCUT2D eigenvalue weighted by atomic mass is 16.6. The van der Waals surface area contributed by atoms with Crippen LogP contribution in [0.3, 0.4) is 0 Å². The summed E-state index contributed by atoms with van der Waals surface area (Å²) >= 11 is 0. The van der Waals surface area contributed by atoms with Crippen LogP contribution in [0.2, 0.25) is 0 Å². The molecule has 0 radical (unpaired) electrons. The van der Waals surface area contributed by atoms with Crippen molar-refractivity contribution in [3.05, 3.63) is 0 Å². The molecule has 2 N–H and O–H groups in total. The molecule has 1 aliphatic carbocycles. The standard InChI is InChI=1S/C16H24N2O6/c1-16(2,3)24-15(22)17-10-6-4-9(5-7-10)13(20)11-8-12(19)18(23)14(11)21/h9-11,23H,4-8H2,1-3H3,(H,17,22)/t9-,10+,11?. The van der Waals surface area contributed by atoms with Gasteiger partial charge in [0, 0.05) is 18.4 Å². The lowest BCUT2D eigenvalue weighted by atomic mass is 9.79. The van der Waals surface area contributed by atoms with Gasteiger partial charge in [-0.15, -0.1) is 0 Å². The SMILES string of the molecule is CC(C)(C)OC(=O)N[C@H]1CC[C@@H](C(=O)C2CC(=O)N(O)C2=O)CC1. The number of Topliss-reactive ketones (excluding diaryl/α,β-unsaturated/α-hetero) is 1. The number of nitrogens with one attached hydrogen (secondary N) is 1. The van der Waals surface area contributed by atoms with E-state index in [-0.39, 0.29) is 29.2 Å². The first-order valence-electron chi connectivity index (χ1n) is 8.17. The fraction of sp³-hybridized carbons (Fsp3) is 0.750. The third-order valence-corrected chi connectivity index (χ3v) is 4.32. The summed E-state index contributed by atoms with van der Waals surface area (Å²) in [6.45, 7) is 5.35. The van der Waals surface area contributed by atoms with Gasteiger partial charge in [-0.05, 0) is 46.5 Å². The van der Waals surface area contributed by atoms with E-state index in [2.05, 4.69) is 5.32 Å². The Morgan fingerprint density at radius 3 is 2.21 bits per heavy atom. The quantitative estimate of drug-likeness (QED) is 0.456. The summed E-state index contributed by atoms with van der Waals surface area (Å²) in [6, 6.07) is -0.0702. The van der Waals surface area contributed by atoms with Crippen molar-refractivity contribution in [1.29, 1.82) is 0 Å². The van der Waals surface area contributed by atoms with Crippen molar-refractivity contribution in [2.75, 3.05) is 0 Å². The molecule has 134 valence electrons. The predicted molar refractivity (Wildman–Crippen MR) is 81.9 cm³/mol. The van der Waals surface area contributed by atoms with Gasteiger partial charge in [-0.3, -0.25) is 19.6 Å². The van der Waals surface area contributed by atoms with Crippen molar-refractivity contribution in [2.24, 2.45) is 11.8 Å². The van der Waals surface area contributed by atoms with Crippen LogP contribution in [0.1, 0.15) is 52.9 Å². The summed E-state index contributed by atoms with van der Waals surface area (Å²) < 4.78 is 5.20. The Labute approximate surface area is 140 Å². The van der Waals surface area contributed by atoms with Crippen molar-refractivity contribution in [3.8, 4) is 0 Å². The van der Waals surface area contributed by atoms with Gasteiger partial charge in [0.25, 0.3) is 11.8 Å². The molecule has 2 aliphatic rings. The Bertz CT molecular complexity index is 545. The van der Waals surface area contributed by atoms with Crippen molar-refractivity contribution >= 4 is 23.7 Å². The Balaban J connectivity index is 1.82. The number of imide groups is 1. The highest BCUT2D eigenvalue weighted by Crippen LogP contribution is 2.31. The van der Waals surface area contributed by atoms with Crippen LogP contribution >= 0.6 is 0 Å². The number of rotatable bonds is 3. The van der Waals surface area contributed by atoms with Crippen molar-refractivity contribution in [3.63, 3.8) is 0 Å². The minimum atomic E-state index is -1.07. The maximum absolute atomic E-state index is 12.4. The molecule has 3 amide bonds. The van der Waals surface area contributed by atoms with E-state index in [9.17, 15) is 24.4 Å². The average Bonchev–Trinajstić information content (AvgIpc) is 2.73. The molecule has 1 atom stereocenters. The lowest BCUT2D eigenvalue weighted by Crippen LogP contribution is -2.42. The molecular formula is C16H24N2O6. The van der Waals surface area contributed by atoms with Crippen LogP contribution in [0.15, 0.2) is 0 Å². The molecule has 2 rings (SSSR count). The molecular weight excluding hydrogens is 316 g/mol. The van der Waals surface area contributed by atoms with Gasteiger partial charge in [0.05, 0.1) is 0 Å². The smallest absolute Gasteiger partial charge is 0.407 e. The van der Waals surface area contributed by atoms with Gasteiger partial charge in [0.2, 0.25) is 0 Å². The number of amides is 3. The van der Waals surface area contributed by atoms with Crippen LogP contribution in [0, 0.1) is 11.8 Å². The van der Waals surface area contributed by atoms with E-state index in [0.717, 1.165) is 0 Å². The van der Waals surface area contributed by atoms with E-state index in [4.69, 9.17) is 4.74 Å². The maximum Gasteiger partial charge on any atom is 0.407 e. The lowest BCUT2D eigenvalue weighted by Gasteiger charge is -2.30. The van der Waals surface area contributed by atoms with E-state index in [1.54, 1.807) is 20.8 Å². The van der Waals surface area contributed by atoms with Crippen molar-refractivity contribution < 1.29 is 29.1 Å². The summed E-state index contributed by atoms with van der Waals surface area (Å²) in [6.07, 6.45) is 1.53. The first-order chi connectivity index (χ1) is 11.1. The van der Waals surface area contributed by atoms with Gasteiger partial charge in [-0.1, -0.05) is 0 Å². The molecule has 1 heterocycles. The van der Waals surface area contributed by atoms with E-state index < -0.39 is 29.4 Å². The molecule has 8 heteroatoms. The van der Waals surface area contributed by atoms with Gasteiger partial charge in [-0.25, -0.2) is 4.79 Å². The maximum atomic E-state index is 12.4. The lowest BCUT2D eigenvalue weighted by molar-refractivity contribution is -0.172. The van der Waals surface area contributed by atoms with Gasteiger partial charge < -0.3 is 10.1 Å². The zero-order valence-electron chi connectivity index (χ0n) is 14.2. The van der Waals surface area contributed by atoms with Gasteiger partial charge >= 0.3 is 6.09 Å². The van der Waals surface area contributed by atoms with E-state index in [1.165, 1.54) is 0 Å². The molecule has 24 heavy (non-hydrogen) atoms. The Hall–Kier alpha value is -1.96. The highest BCUT2D eigenvalue weighted by molar-refractivity contribution is 6.13. The second-order valence-electron chi connectivity index (χ2n) is 7.40.